The van der Waals surface area contributed by atoms with Crippen LogP contribution < -0.4 is 10.6 Å². The van der Waals surface area contributed by atoms with Crippen molar-refractivity contribution < 1.29 is 13.6 Å². The molecule has 0 unspecified atom stereocenters. The first kappa shape index (κ1) is 15.9. The molecule has 1 amide bonds. The van der Waals surface area contributed by atoms with Crippen LogP contribution in [0.4, 0.5) is 14.5 Å². The van der Waals surface area contributed by atoms with Gasteiger partial charge in [0.25, 0.3) is 5.91 Å². The van der Waals surface area contributed by atoms with Crippen LogP contribution in [0.2, 0.25) is 0 Å². The van der Waals surface area contributed by atoms with Gasteiger partial charge in [0.2, 0.25) is 0 Å². The molecule has 2 N–H and O–H groups in total. The van der Waals surface area contributed by atoms with Gasteiger partial charge in [-0.2, -0.15) is 5.26 Å². The van der Waals surface area contributed by atoms with Crippen molar-refractivity contribution in [2.45, 2.75) is 6.42 Å². The molecule has 7 heteroatoms. The van der Waals surface area contributed by atoms with Gasteiger partial charge in [0.15, 0.2) is 0 Å². The van der Waals surface area contributed by atoms with Gasteiger partial charge in [-0.15, -0.1) is 11.6 Å². The summed E-state index contributed by atoms with van der Waals surface area (Å²) in [6, 6.07) is 4.61. The maximum atomic E-state index is 13.3. The van der Waals surface area contributed by atoms with E-state index in [1.165, 1.54) is 6.07 Å². The fourth-order valence-corrected chi connectivity index (χ4v) is 1.40. The highest BCUT2D eigenvalue weighted by Crippen LogP contribution is 2.15. The van der Waals surface area contributed by atoms with Gasteiger partial charge in [-0.1, -0.05) is 0 Å². The van der Waals surface area contributed by atoms with E-state index in [1.54, 1.807) is 6.07 Å². The topological polar surface area (TPSA) is 64.9 Å². The number of anilines is 1. The van der Waals surface area contributed by atoms with Crippen molar-refractivity contribution in [2.75, 3.05) is 17.7 Å². The van der Waals surface area contributed by atoms with Crippen molar-refractivity contribution >= 4 is 23.2 Å². The standard InChI is InChI=1S/C13H12ClF2N3O/c14-4-1-5-18-13(20)9(7-17)8-19-12-3-2-10(15)6-11(12)16/h2-3,6,8,19H,1,4-5H2,(H,18,20)/b9-8-. The Morgan fingerprint density at radius 1 is 1.45 bits per heavy atom. The molecular formula is C13H12ClF2N3O. The molecule has 4 nitrogen and oxygen atoms in total. The van der Waals surface area contributed by atoms with E-state index in [9.17, 15) is 13.6 Å². The summed E-state index contributed by atoms with van der Waals surface area (Å²) in [7, 11) is 0. The van der Waals surface area contributed by atoms with Crippen LogP contribution in [0, 0.1) is 23.0 Å². The molecule has 0 aliphatic rings. The van der Waals surface area contributed by atoms with Crippen molar-refractivity contribution in [3.63, 3.8) is 0 Å². The number of nitrogens with one attached hydrogen (secondary N) is 2. The van der Waals surface area contributed by atoms with E-state index in [0.717, 1.165) is 12.3 Å². The van der Waals surface area contributed by atoms with E-state index in [0.29, 0.717) is 24.9 Å². The maximum absolute atomic E-state index is 13.3. The van der Waals surface area contributed by atoms with E-state index >= 15 is 0 Å². The number of amides is 1. The van der Waals surface area contributed by atoms with Gasteiger partial charge in [-0.25, -0.2) is 8.78 Å². The number of alkyl halides is 1. The highest BCUT2D eigenvalue weighted by Gasteiger charge is 2.08. The number of carbonyl (C=O) groups excluding carboxylic acids is 1. The van der Waals surface area contributed by atoms with Crippen LogP contribution in [0.1, 0.15) is 6.42 Å². The molecule has 0 spiro atoms. The van der Waals surface area contributed by atoms with Gasteiger partial charge in [0.1, 0.15) is 23.3 Å². The quantitative estimate of drug-likeness (QED) is 0.367. The molecular weight excluding hydrogens is 288 g/mol. The van der Waals surface area contributed by atoms with Gasteiger partial charge < -0.3 is 10.6 Å². The second kappa shape index (κ2) is 8.12. The lowest BCUT2D eigenvalue weighted by Crippen LogP contribution is -2.26. The lowest BCUT2D eigenvalue weighted by molar-refractivity contribution is -0.117. The molecule has 106 valence electrons. The summed E-state index contributed by atoms with van der Waals surface area (Å²) >= 11 is 5.45. The summed E-state index contributed by atoms with van der Waals surface area (Å²) in [6.07, 6.45) is 1.64. The molecule has 0 saturated carbocycles. The molecule has 1 rings (SSSR count). The number of nitriles is 1. The zero-order valence-corrected chi connectivity index (χ0v) is 11.2. The van der Waals surface area contributed by atoms with E-state index in [1.807, 2.05) is 0 Å². The molecule has 0 aromatic heterocycles. The second-order valence-electron chi connectivity index (χ2n) is 3.74. The molecule has 0 radical (unpaired) electrons. The molecule has 0 heterocycles. The third kappa shape index (κ3) is 4.86. The lowest BCUT2D eigenvalue weighted by atomic mass is 10.2. The fourth-order valence-electron chi connectivity index (χ4n) is 1.27. The number of hydrogen-bond acceptors (Lipinski definition) is 3. The molecule has 0 bridgehead atoms. The van der Waals surface area contributed by atoms with Crippen LogP contribution in [0.3, 0.4) is 0 Å². The Bertz CT molecular complexity index is 555. The van der Waals surface area contributed by atoms with Crippen LogP contribution in [-0.2, 0) is 4.79 Å². The molecule has 0 aliphatic heterocycles. The number of rotatable bonds is 6. The fraction of sp³-hybridized carbons (Fsp3) is 0.231. The predicted octanol–water partition coefficient (Wildman–Crippen LogP) is 2.53. The molecule has 1 aromatic carbocycles. The number of hydrogen-bond donors (Lipinski definition) is 2. The first-order valence-electron chi connectivity index (χ1n) is 5.74. The van der Waals surface area contributed by atoms with Gasteiger partial charge in [0, 0.05) is 24.7 Å². The Hall–Kier alpha value is -2.13. The minimum atomic E-state index is -0.818. The van der Waals surface area contributed by atoms with Crippen molar-refractivity contribution in [3.8, 4) is 6.07 Å². The predicted molar refractivity (Wildman–Crippen MR) is 72.0 cm³/mol. The van der Waals surface area contributed by atoms with Crippen molar-refractivity contribution in [1.82, 2.24) is 5.32 Å². The second-order valence-corrected chi connectivity index (χ2v) is 4.11. The Balaban J connectivity index is 2.70. The first-order chi connectivity index (χ1) is 9.58. The van der Waals surface area contributed by atoms with Crippen molar-refractivity contribution in [2.24, 2.45) is 0 Å². The molecule has 20 heavy (non-hydrogen) atoms. The average molecular weight is 300 g/mol. The van der Waals surface area contributed by atoms with E-state index in [2.05, 4.69) is 10.6 Å². The zero-order chi connectivity index (χ0) is 15.0. The van der Waals surface area contributed by atoms with Crippen molar-refractivity contribution in [1.29, 1.82) is 5.26 Å². The highest BCUT2D eigenvalue weighted by atomic mass is 35.5. The van der Waals surface area contributed by atoms with Crippen LogP contribution in [0.5, 0.6) is 0 Å². The van der Waals surface area contributed by atoms with E-state index in [-0.39, 0.29) is 11.3 Å². The number of benzene rings is 1. The molecule has 0 aliphatic carbocycles. The summed E-state index contributed by atoms with van der Waals surface area (Å²) in [6.45, 7) is 0.340. The Morgan fingerprint density at radius 2 is 2.20 bits per heavy atom. The molecule has 0 fully saturated rings. The minimum absolute atomic E-state index is 0.0345. The van der Waals surface area contributed by atoms with Gasteiger partial charge in [0.05, 0.1) is 5.69 Å². The molecule has 1 aromatic rings. The zero-order valence-electron chi connectivity index (χ0n) is 10.4. The van der Waals surface area contributed by atoms with E-state index < -0.39 is 17.5 Å². The first-order valence-corrected chi connectivity index (χ1v) is 6.28. The van der Waals surface area contributed by atoms with Gasteiger partial charge in [-0.3, -0.25) is 4.79 Å². The van der Waals surface area contributed by atoms with E-state index in [4.69, 9.17) is 16.9 Å². The number of halogens is 3. The molecule has 0 atom stereocenters. The summed E-state index contributed by atoms with van der Waals surface area (Å²) in [5.74, 6) is -1.73. The summed E-state index contributed by atoms with van der Waals surface area (Å²) in [5, 5.41) is 13.8. The smallest absolute Gasteiger partial charge is 0.263 e. The van der Waals surface area contributed by atoms with Crippen LogP contribution in [0.15, 0.2) is 30.0 Å². The summed E-state index contributed by atoms with van der Waals surface area (Å²) in [5.41, 5.74) is -0.254. The normalized spacial score (nSPS) is 10.8. The molecule has 0 saturated heterocycles. The summed E-state index contributed by atoms with van der Waals surface area (Å²) in [4.78, 5) is 11.6. The van der Waals surface area contributed by atoms with Crippen LogP contribution in [-0.4, -0.2) is 18.3 Å². The van der Waals surface area contributed by atoms with Gasteiger partial charge in [-0.05, 0) is 18.6 Å². The largest absolute Gasteiger partial charge is 0.358 e. The third-order valence-electron chi connectivity index (χ3n) is 2.26. The van der Waals surface area contributed by atoms with Crippen molar-refractivity contribution in [3.05, 3.63) is 41.6 Å². The maximum Gasteiger partial charge on any atom is 0.263 e. The Kier molecular flexibility index (Phi) is 6.47. The monoisotopic (exact) mass is 299 g/mol. The average Bonchev–Trinajstić information content (AvgIpc) is 2.42. The highest BCUT2D eigenvalue weighted by molar-refractivity contribution is 6.17. The number of nitrogens with zero attached hydrogens (tertiary/aromatic N) is 1. The number of carbonyl (C=O) groups is 1. The van der Waals surface area contributed by atoms with Gasteiger partial charge >= 0.3 is 0 Å². The Labute approximate surface area is 120 Å². The van der Waals surface area contributed by atoms with Crippen LogP contribution in [0.25, 0.3) is 0 Å². The SMILES string of the molecule is N#C/C(=C/Nc1ccc(F)cc1F)C(=O)NCCCCl. The summed E-state index contributed by atoms with van der Waals surface area (Å²) < 4.78 is 26.0. The van der Waals surface area contributed by atoms with Crippen LogP contribution >= 0.6 is 11.6 Å². The third-order valence-corrected chi connectivity index (χ3v) is 2.53. The Morgan fingerprint density at radius 3 is 2.80 bits per heavy atom. The minimum Gasteiger partial charge on any atom is -0.358 e. The lowest BCUT2D eigenvalue weighted by Gasteiger charge is -2.05.